The molecule has 1 aromatic rings. The molecule has 4 heteroatoms. The second-order valence-electron chi connectivity index (χ2n) is 4.01. The van der Waals surface area contributed by atoms with E-state index in [0.717, 1.165) is 10.9 Å². The molecule has 0 aliphatic rings. The summed E-state index contributed by atoms with van der Waals surface area (Å²) in [6, 6.07) is 4.00. The Morgan fingerprint density at radius 3 is 2.50 bits per heavy atom. The van der Waals surface area contributed by atoms with Crippen LogP contribution in [0.5, 0.6) is 0 Å². The van der Waals surface area contributed by atoms with Gasteiger partial charge in [-0.25, -0.2) is 0 Å². The molecule has 0 bridgehead atoms. The number of rotatable bonds is 4. The Labute approximate surface area is 99.6 Å². The van der Waals surface area contributed by atoms with Crippen LogP contribution in [-0.4, -0.2) is 23.4 Å². The fourth-order valence-electron chi connectivity index (χ4n) is 0.987. The van der Waals surface area contributed by atoms with Gasteiger partial charge in [-0.3, -0.25) is 4.90 Å². The Hall–Kier alpha value is 0.240. The lowest BCUT2D eigenvalue weighted by molar-refractivity contribution is 0.172. The van der Waals surface area contributed by atoms with Crippen LogP contribution in [0.2, 0.25) is 4.34 Å². The van der Waals surface area contributed by atoms with Gasteiger partial charge in [-0.15, -0.1) is 22.9 Å². The number of hydrogen-bond donors (Lipinski definition) is 0. The van der Waals surface area contributed by atoms with E-state index < -0.39 is 0 Å². The van der Waals surface area contributed by atoms with E-state index in [1.165, 1.54) is 4.88 Å². The van der Waals surface area contributed by atoms with E-state index in [4.69, 9.17) is 23.2 Å². The van der Waals surface area contributed by atoms with Crippen molar-refractivity contribution in [2.45, 2.75) is 25.9 Å². The summed E-state index contributed by atoms with van der Waals surface area (Å²) in [5.74, 6) is 0.628. The fraction of sp³-hybridized carbons (Fsp3) is 0.600. The summed E-state index contributed by atoms with van der Waals surface area (Å²) in [6.45, 7) is 5.17. The molecule has 0 aromatic carbocycles. The summed E-state index contributed by atoms with van der Waals surface area (Å²) in [4.78, 5) is 3.51. The molecule has 80 valence electrons. The maximum atomic E-state index is 5.90. The van der Waals surface area contributed by atoms with E-state index in [1.54, 1.807) is 11.3 Å². The molecular formula is C10H15Cl2NS. The highest BCUT2D eigenvalue weighted by Gasteiger charge is 2.22. The van der Waals surface area contributed by atoms with Gasteiger partial charge in [0.2, 0.25) is 0 Å². The minimum atomic E-state index is 0.0258. The minimum Gasteiger partial charge on any atom is -0.295 e. The van der Waals surface area contributed by atoms with Gasteiger partial charge < -0.3 is 0 Å². The van der Waals surface area contributed by atoms with Crippen molar-refractivity contribution in [3.05, 3.63) is 21.3 Å². The van der Waals surface area contributed by atoms with Crippen LogP contribution >= 0.6 is 34.5 Å². The molecule has 1 aromatic heterocycles. The van der Waals surface area contributed by atoms with Crippen molar-refractivity contribution in [2.75, 3.05) is 12.9 Å². The molecular weight excluding hydrogens is 237 g/mol. The topological polar surface area (TPSA) is 3.24 Å². The van der Waals surface area contributed by atoms with E-state index in [1.807, 2.05) is 6.07 Å². The standard InChI is InChI=1S/C10H15Cl2NS/c1-10(2,7-11)13(3)6-8-4-5-9(12)14-8/h4-5H,6-7H2,1-3H3. The largest absolute Gasteiger partial charge is 0.295 e. The van der Waals surface area contributed by atoms with Gasteiger partial charge in [0.15, 0.2) is 0 Å². The van der Waals surface area contributed by atoms with Crippen molar-refractivity contribution in [1.82, 2.24) is 4.90 Å². The van der Waals surface area contributed by atoms with Crippen LogP contribution in [0.4, 0.5) is 0 Å². The molecule has 0 atom stereocenters. The minimum absolute atomic E-state index is 0.0258. The molecule has 0 spiro atoms. The SMILES string of the molecule is CN(Cc1ccc(Cl)s1)C(C)(C)CCl. The quantitative estimate of drug-likeness (QED) is 0.736. The van der Waals surface area contributed by atoms with E-state index in [2.05, 4.69) is 31.9 Å². The van der Waals surface area contributed by atoms with Crippen LogP contribution < -0.4 is 0 Å². The Bertz CT molecular complexity index is 296. The van der Waals surface area contributed by atoms with Gasteiger partial charge in [-0.2, -0.15) is 0 Å². The number of alkyl halides is 1. The van der Waals surface area contributed by atoms with Gasteiger partial charge >= 0.3 is 0 Å². The van der Waals surface area contributed by atoms with Crippen LogP contribution in [0.3, 0.4) is 0 Å². The molecule has 0 N–H and O–H groups in total. The summed E-state index contributed by atoms with van der Waals surface area (Å²) in [7, 11) is 2.08. The van der Waals surface area contributed by atoms with E-state index in [9.17, 15) is 0 Å². The zero-order chi connectivity index (χ0) is 10.8. The lowest BCUT2D eigenvalue weighted by atomic mass is 10.1. The predicted octanol–water partition coefficient (Wildman–Crippen LogP) is 3.85. The van der Waals surface area contributed by atoms with E-state index in [0.29, 0.717) is 5.88 Å². The number of nitrogens with zero attached hydrogens (tertiary/aromatic N) is 1. The molecule has 0 radical (unpaired) electrons. The molecule has 0 saturated heterocycles. The van der Waals surface area contributed by atoms with E-state index >= 15 is 0 Å². The third-order valence-electron chi connectivity index (χ3n) is 2.38. The molecule has 0 unspecified atom stereocenters. The van der Waals surface area contributed by atoms with Crippen LogP contribution in [0.1, 0.15) is 18.7 Å². The molecule has 14 heavy (non-hydrogen) atoms. The molecule has 1 rings (SSSR count). The second-order valence-corrected chi connectivity index (χ2v) is 6.07. The van der Waals surface area contributed by atoms with E-state index in [-0.39, 0.29) is 5.54 Å². The summed E-state index contributed by atoms with van der Waals surface area (Å²) in [6.07, 6.45) is 0. The van der Waals surface area contributed by atoms with Crippen molar-refractivity contribution in [3.63, 3.8) is 0 Å². The Morgan fingerprint density at radius 1 is 1.43 bits per heavy atom. The summed E-state index contributed by atoms with van der Waals surface area (Å²) >= 11 is 13.4. The summed E-state index contributed by atoms with van der Waals surface area (Å²) in [5.41, 5.74) is 0.0258. The summed E-state index contributed by atoms with van der Waals surface area (Å²) in [5, 5.41) is 0. The molecule has 0 aliphatic heterocycles. The van der Waals surface area contributed by atoms with Gasteiger partial charge in [0.05, 0.1) is 4.34 Å². The zero-order valence-electron chi connectivity index (χ0n) is 8.68. The third kappa shape index (κ3) is 3.13. The highest BCUT2D eigenvalue weighted by molar-refractivity contribution is 7.16. The van der Waals surface area contributed by atoms with Gasteiger partial charge in [0.1, 0.15) is 0 Å². The first kappa shape index (κ1) is 12.3. The lowest BCUT2D eigenvalue weighted by Crippen LogP contribution is -2.41. The van der Waals surface area contributed by atoms with Gasteiger partial charge in [0.25, 0.3) is 0 Å². The van der Waals surface area contributed by atoms with Crippen molar-refractivity contribution >= 4 is 34.5 Å². The zero-order valence-corrected chi connectivity index (χ0v) is 11.0. The molecule has 0 fully saturated rings. The number of halogens is 2. The highest BCUT2D eigenvalue weighted by Crippen LogP contribution is 2.25. The van der Waals surface area contributed by atoms with Crippen LogP contribution in [0, 0.1) is 0 Å². The highest BCUT2D eigenvalue weighted by atomic mass is 35.5. The van der Waals surface area contributed by atoms with Crippen molar-refractivity contribution in [2.24, 2.45) is 0 Å². The van der Waals surface area contributed by atoms with Crippen molar-refractivity contribution in [3.8, 4) is 0 Å². The Morgan fingerprint density at radius 2 is 2.07 bits per heavy atom. The first-order valence-corrected chi connectivity index (χ1v) is 6.20. The first-order valence-electron chi connectivity index (χ1n) is 4.47. The number of hydrogen-bond acceptors (Lipinski definition) is 2. The monoisotopic (exact) mass is 251 g/mol. The maximum absolute atomic E-state index is 5.90. The molecule has 0 saturated carbocycles. The predicted molar refractivity (Wildman–Crippen MR) is 65.6 cm³/mol. The normalized spacial score (nSPS) is 12.4. The second kappa shape index (κ2) is 4.84. The molecule has 1 heterocycles. The van der Waals surface area contributed by atoms with Gasteiger partial charge in [-0.05, 0) is 33.0 Å². The molecule has 0 aliphatic carbocycles. The van der Waals surface area contributed by atoms with Gasteiger partial charge in [-0.1, -0.05) is 11.6 Å². The van der Waals surface area contributed by atoms with Crippen LogP contribution in [-0.2, 0) is 6.54 Å². The summed E-state index contributed by atoms with van der Waals surface area (Å²) < 4.78 is 0.845. The molecule has 0 amide bonds. The van der Waals surface area contributed by atoms with Crippen LogP contribution in [0.25, 0.3) is 0 Å². The van der Waals surface area contributed by atoms with Gasteiger partial charge in [0, 0.05) is 22.8 Å². The lowest BCUT2D eigenvalue weighted by Gasteiger charge is -2.33. The average molecular weight is 252 g/mol. The Balaban J connectivity index is 2.61. The smallest absolute Gasteiger partial charge is 0.0931 e. The third-order valence-corrected chi connectivity index (χ3v) is 4.25. The first-order chi connectivity index (χ1) is 6.45. The van der Waals surface area contributed by atoms with Crippen LogP contribution in [0.15, 0.2) is 12.1 Å². The number of thiophene rings is 1. The average Bonchev–Trinajstić information content (AvgIpc) is 2.51. The maximum Gasteiger partial charge on any atom is 0.0931 e. The Kier molecular flexibility index (Phi) is 4.26. The fourth-order valence-corrected chi connectivity index (χ4v) is 2.33. The molecule has 1 nitrogen and oxygen atoms in total. The van der Waals surface area contributed by atoms with Crippen molar-refractivity contribution < 1.29 is 0 Å². The van der Waals surface area contributed by atoms with Crippen molar-refractivity contribution in [1.29, 1.82) is 0 Å².